The average molecular weight is 513 g/mol. The second-order valence-electron chi connectivity index (χ2n) is 10.6. The van der Waals surface area contributed by atoms with Crippen LogP contribution in [0.15, 0.2) is 24.4 Å². The van der Waals surface area contributed by atoms with Gasteiger partial charge >= 0.3 is 0 Å². The Morgan fingerprint density at radius 2 is 2.03 bits per heavy atom. The van der Waals surface area contributed by atoms with Crippen LogP contribution in [0.5, 0.6) is 5.75 Å². The van der Waals surface area contributed by atoms with E-state index in [2.05, 4.69) is 27.1 Å². The Kier molecular flexibility index (Phi) is 9.00. The van der Waals surface area contributed by atoms with E-state index in [0.29, 0.717) is 30.2 Å². The van der Waals surface area contributed by atoms with Crippen LogP contribution in [0.2, 0.25) is 0 Å². The van der Waals surface area contributed by atoms with Gasteiger partial charge in [0.15, 0.2) is 0 Å². The molecule has 1 amide bonds. The first-order valence-electron chi connectivity index (χ1n) is 13.8. The molecule has 4 rings (SSSR count). The number of likely N-dealkylation sites (tertiary alicyclic amines) is 1. The van der Waals surface area contributed by atoms with E-state index in [-0.39, 0.29) is 29.1 Å². The van der Waals surface area contributed by atoms with Crippen molar-refractivity contribution >= 4 is 11.7 Å². The summed E-state index contributed by atoms with van der Waals surface area (Å²) in [5, 5.41) is 3.30. The lowest BCUT2D eigenvalue weighted by atomic mass is 9.90. The van der Waals surface area contributed by atoms with Crippen LogP contribution in [0.25, 0.3) is 11.3 Å². The maximum Gasteiger partial charge on any atom is 0.224 e. The largest absolute Gasteiger partial charge is 0.496 e. The number of aromatic amines is 1. The Hall–Kier alpha value is -2.74. The minimum absolute atomic E-state index is 0.0720. The minimum Gasteiger partial charge on any atom is -0.496 e. The van der Waals surface area contributed by atoms with Crippen molar-refractivity contribution in [3.8, 4) is 17.0 Å². The maximum absolute atomic E-state index is 13.7. The summed E-state index contributed by atoms with van der Waals surface area (Å²) >= 11 is 0. The number of ketones is 1. The molecular weight excluding hydrogens is 471 g/mol. The summed E-state index contributed by atoms with van der Waals surface area (Å²) in [7, 11) is 1.51. The van der Waals surface area contributed by atoms with E-state index >= 15 is 0 Å². The molecule has 1 spiro atoms. The van der Waals surface area contributed by atoms with Crippen molar-refractivity contribution in [3.63, 3.8) is 0 Å². The highest BCUT2D eigenvalue weighted by Gasteiger charge is 2.58. The number of rotatable bonds is 13. The Balaban J connectivity index is 1.44. The van der Waals surface area contributed by atoms with E-state index in [1.165, 1.54) is 19.2 Å². The molecule has 1 saturated carbocycles. The number of amides is 1. The quantitative estimate of drug-likeness (QED) is 0.349. The lowest BCUT2D eigenvalue weighted by Gasteiger charge is -2.32. The molecule has 0 unspecified atom stereocenters. The summed E-state index contributed by atoms with van der Waals surface area (Å²) in [5.74, 6) is 1.23. The summed E-state index contributed by atoms with van der Waals surface area (Å²) in [6, 6.07) is 4.16. The van der Waals surface area contributed by atoms with Gasteiger partial charge in [0.05, 0.1) is 25.0 Å². The van der Waals surface area contributed by atoms with E-state index in [0.717, 1.165) is 75.8 Å². The van der Waals surface area contributed by atoms with Crippen LogP contribution in [0, 0.1) is 17.2 Å². The molecule has 7 nitrogen and oxygen atoms in total. The fourth-order valence-electron chi connectivity index (χ4n) is 5.70. The molecule has 1 aliphatic carbocycles. The van der Waals surface area contributed by atoms with Gasteiger partial charge in [0, 0.05) is 30.4 Å². The highest BCUT2D eigenvalue weighted by molar-refractivity contribution is 5.83. The molecule has 1 aliphatic heterocycles. The topological polar surface area (TPSA) is 87.3 Å². The monoisotopic (exact) mass is 512 g/mol. The number of hydrogen-bond acceptors (Lipinski definition) is 5. The summed E-state index contributed by atoms with van der Waals surface area (Å²) < 4.78 is 19.1. The number of H-pyrrole nitrogens is 1. The molecule has 1 saturated heterocycles. The highest BCUT2D eigenvalue weighted by atomic mass is 19.1. The Morgan fingerprint density at radius 3 is 2.73 bits per heavy atom. The summed E-state index contributed by atoms with van der Waals surface area (Å²) in [6.07, 6.45) is 9.47. The van der Waals surface area contributed by atoms with Crippen molar-refractivity contribution in [2.45, 2.75) is 77.7 Å². The van der Waals surface area contributed by atoms with E-state index < -0.39 is 0 Å². The first-order valence-corrected chi connectivity index (χ1v) is 13.8. The smallest absolute Gasteiger partial charge is 0.224 e. The first kappa shape index (κ1) is 27.3. The Morgan fingerprint density at radius 1 is 1.24 bits per heavy atom. The number of aromatic nitrogens is 2. The van der Waals surface area contributed by atoms with Gasteiger partial charge in [0.25, 0.3) is 0 Å². The second kappa shape index (κ2) is 12.2. The normalized spacial score (nSPS) is 19.5. The molecule has 2 aromatic rings. The summed E-state index contributed by atoms with van der Waals surface area (Å²) in [4.78, 5) is 35.4. The van der Waals surface area contributed by atoms with Gasteiger partial charge in [-0.15, -0.1) is 0 Å². The number of imidazole rings is 1. The third kappa shape index (κ3) is 6.58. The zero-order valence-electron chi connectivity index (χ0n) is 22.4. The van der Waals surface area contributed by atoms with Gasteiger partial charge in [-0.2, -0.15) is 0 Å². The van der Waals surface area contributed by atoms with Gasteiger partial charge in [-0.25, -0.2) is 9.37 Å². The van der Waals surface area contributed by atoms with Crippen molar-refractivity contribution in [2.75, 3.05) is 26.7 Å². The molecule has 2 atom stereocenters. The van der Waals surface area contributed by atoms with Gasteiger partial charge in [-0.3, -0.25) is 9.59 Å². The number of nitrogens with one attached hydrogen (secondary N) is 2. The molecule has 202 valence electrons. The van der Waals surface area contributed by atoms with Crippen LogP contribution in [0.3, 0.4) is 0 Å². The SMILES string of the molecule is CCC(=O)CCCCC[C@H](NC(=O)[C@H]1CC12CCN(CC)CC2)c1ncc(-c2ccc(F)cc2OC)[nH]1. The van der Waals surface area contributed by atoms with Crippen LogP contribution in [-0.2, 0) is 9.59 Å². The number of nitrogens with zero attached hydrogens (tertiary/aromatic N) is 2. The molecule has 2 heterocycles. The lowest BCUT2D eigenvalue weighted by Crippen LogP contribution is -2.37. The number of halogens is 1. The molecule has 0 radical (unpaired) electrons. The van der Waals surface area contributed by atoms with E-state index in [1.807, 2.05) is 6.92 Å². The number of carbonyl (C=O) groups is 2. The fraction of sp³-hybridized carbons (Fsp3) is 0.621. The standard InChI is InChI=1S/C29H41FN4O3/c1-4-21(35)9-7-6-8-10-24(33-28(36)23-18-29(23)13-15-34(5-2)16-14-29)27-31-19-25(32-27)22-12-11-20(30)17-26(22)37-3/h11-12,17,19,23-24H,4-10,13-16,18H2,1-3H3,(H,31,32)(H,33,36)/t23-,24+/m1/s1. The van der Waals surface area contributed by atoms with E-state index in [9.17, 15) is 14.0 Å². The molecule has 8 heteroatoms. The predicted octanol–water partition coefficient (Wildman–Crippen LogP) is 5.43. The first-order chi connectivity index (χ1) is 17.9. The maximum atomic E-state index is 13.7. The third-order valence-corrected chi connectivity index (χ3v) is 8.34. The van der Waals surface area contributed by atoms with Crippen molar-refractivity contribution in [1.82, 2.24) is 20.2 Å². The number of carbonyl (C=O) groups excluding carboxylic acids is 2. The van der Waals surface area contributed by atoms with Crippen LogP contribution in [0.4, 0.5) is 4.39 Å². The highest BCUT2D eigenvalue weighted by Crippen LogP contribution is 2.59. The molecule has 1 aromatic carbocycles. The van der Waals surface area contributed by atoms with Crippen molar-refractivity contribution in [1.29, 1.82) is 0 Å². The number of piperidine rings is 1. The zero-order valence-corrected chi connectivity index (χ0v) is 22.4. The number of ether oxygens (including phenoxy) is 1. The van der Waals surface area contributed by atoms with Crippen molar-refractivity contribution < 1.29 is 18.7 Å². The number of methoxy groups -OCH3 is 1. The summed E-state index contributed by atoms with van der Waals surface area (Å²) in [5.41, 5.74) is 1.60. The van der Waals surface area contributed by atoms with Gasteiger partial charge in [-0.05, 0) is 69.3 Å². The Labute approximate surface area is 219 Å². The predicted molar refractivity (Wildman–Crippen MR) is 142 cm³/mol. The van der Waals surface area contributed by atoms with Gasteiger partial charge in [0.2, 0.25) is 5.91 Å². The van der Waals surface area contributed by atoms with Gasteiger partial charge in [-0.1, -0.05) is 26.7 Å². The summed E-state index contributed by atoms with van der Waals surface area (Å²) in [6.45, 7) is 7.30. The van der Waals surface area contributed by atoms with Crippen LogP contribution < -0.4 is 10.1 Å². The lowest BCUT2D eigenvalue weighted by molar-refractivity contribution is -0.124. The fourth-order valence-corrected chi connectivity index (χ4v) is 5.70. The third-order valence-electron chi connectivity index (χ3n) is 8.34. The number of Topliss-reactive ketones (excluding diaryl/α,β-unsaturated/α-hetero) is 1. The zero-order chi connectivity index (χ0) is 26.4. The Bertz CT molecular complexity index is 1080. The number of unbranched alkanes of at least 4 members (excludes halogenated alkanes) is 2. The molecule has 0 bridgehead atoms. The van der Waals surface area contributed by atoms with E-state index in [4.69, 9.17) is 4.74 Å². The van der Waals surface area contributed by atoms with Crippen LogP contribution in [-0.4, -0.2) is 53.3 Å². The number of hydrogen-bond donors (Lipinski definition) is 2. The van der Waals surface area contributed by atoms with Gasteiger partial charge < -0.3 is 19.9 Å². The average Bonchev–Trinajstić information content (AvgIpc) is 3.38. The molecular formula is C29H41FN4O3. The molecule has 37 heavy (non-hydrogen) atoms. The van der Waals surface area contributed by atoms with Crippen LogP contribution >= 0.6 is 0 Å². The minimum atomic E-state index is -0.366. The van der Waals surface area contributed by atoms with Crippen molar-refractivity contribution in [3.05, 3.63) is 36.0 Å². The van der Waals surface area contributed by atoms with E-state index in [1.54, 1.807) is 12.3 Å². The second-order valence-corrected chi connectivity index (χ2v) is 10.6. The number of benzene rings is 1. The van der Waals surface area contributed by atoms with Gasteiger partial charge in [0.1, 0.15) is 23.2 Å². The molecule has 2 fully saturated rings. The van der Waals surface area contributed by atoms with Crippen molar-refractivity contribution in [2.24, 2.45) is 11.3 Å². The van der Waals surface area contributed by atoms with Crippen LogP contribution in [0.1, 0.15) is 83.5 Å². The molecule has 2 N–H and O–H groups in total. The molecule has 1 aromatic heterocycles. The molecule has 2 aliphatic rings.